The van der Waals surface area contributed by atoms with Gasteiger partial charge in [0, 0.05) is 11.6 Å². The summed E-state index contributed by atoms with van der Waals surface area (Å²) in [4.78, 5) is 12.5. The van der Waals surface area contributed by atoms with Crippen LogP contribution >= 0.6 is 0 Å². The number of carbonyl (C=O) groups is 1. The molecule has 7 heteroatoms. The standard InChI is InChI=1S/C19H15F3N2O2/c1-12-10-15(24-26-12)11-23-18(25)17-5-3-2-4-16(17)13-6-8-14(9-7-13)19(20,21)22/h2-10H,11H2,1H3,(H,23,25). The van der Waals surface area contributed by atoms with Gasteiger partial charge in [-0.3, -0.25) is 4.79 Å². The summed E-state index contributed by atoms with van der Waals surface area (Å²) >= 11 is 0. The minimum Gasteiger partial charge on any atom is -0.361 e. The predicted octanol–water partition coefficient (Wildman–Crippen LogP) is 4.60. The number of carbonyl (C=O) groups excluding carboxylic acids is 1. The van der Waals surface area contributed by atoms with Crippen molar-refractivity contribution in [2.45, 2.75) is 19.6 Å². The summed E-state index contributed by atoms with van der Waals surface area (Å²) in [6.07, 6.45) is -4.40. The SMILES string of the molecule is Cc1cc(CNC(=O)c2ccccc2-c2ccc(C(F)(F)F)cc2)no1. The van der Waals surface area contributed by atoms with Crippen LogP contribution in [-0.4, -0.2) is 11.1 Å². The second-order valence-electron chi connectivity index (χ2n) is 5.73. The van der Waals surface area contributed by atoms with Crippen LogP contribution < -0.4 is 5.32 Å². The molecule has 3 aromatic rings. The smallest absolute Gasteiger partial charge is 0.361 e. The monoisotopic (exact) mass is 360 g/mol. The third kappa shape index (κ3) is 3.93. The molecular weight excluding hydrogens is 345 g/mol. The molecule has 0 aliphatic carbocycles. The number of alkyl halides is 3. The Hall–Kier alpha value is -3.09. The van der Waals surface area contributed by atoms with Crippen LogP contribution in [0.2, 0.25) is 0 Å². The number of amides is 1. The largest absolute Gasteiger partial charge is 0.416 e. The Labute approximate surface area is 147 Å². The van der Waals surface area contributed by atoms with Gasteiger partial charge in [-0.05, 0) is 36.2 Å². The van der Waals surface area contributed by atoms with Crippen LogP contribution in [0.15, 0.2) is 59.1 Å². The van der Waals surface area contributed by atoms with Gasteiger partial charge in [0.25, 0.3) is 5.91 Å². The lowest BCUT2D eigenvalue weighted by Gasteiger charge is -2.11. The molecule has 0 aliphatic rings. The van der Waals surface area contributed by atoms with Gasteiger partial charge in [-0.15, -0.1) is 0 Å². The van der Waals surface area contributed by atoms with Crippen LogP contribution in [-0.2, 0) is 12.7 Å². The van der Waals surface area contributed by atoms with E-state index in [1.807, 2.05) is 0 Å². The molecule has 0 bridgehead atoms. The van der Waals surface area contributed by atoms with E-state index in [1.165, 1.54) is 12.1 Å². The van der Waals surface area contributed by atoms with Gasteiger partial charge in [-0.1, -0.05) is 35.5 Å². The van der Waals surface area contributed by atoms with Crippen molar-refractivity contribution < 1.29 is 22.5 Å². The molecular formula is C19H15F3N2O2. The molecule has 4 nitrogen and oxygen atoms in total. The molecule has 0 spiro atoms. The van der Waals surface area contributed by atoms with Crippen LogP contribution in [0, 0.1) is 6.92 Å². The Balaban J connectivity index is 1.82. The molecule has 0 atom stereocenters. The molecule has 1 heterocycles. The maximum Gasteiger partial charge on any atom is 0.416 e. The highest BCUT2D eigenvalue weighted by Crippen LogP contribution is 2.31. The van der Waals surface area contributed by atoms with Gasteiger partial charge < -0.3 is 9.84 Å². The van der Waals surface area contributed by atoms with E-state index < -0.39 is 11.7 Å². The molecule has 0 unspecified atom stereocenters. The molecule has 0 radical (unpaired) electrons. The quantitative estimate of drug-likeness (QED) is 0.740. The Kier molecular flexibility index (Phi) is 4.79. The summed E-state index contributed by atoms with van der Waals surface area (Å²) in [5.41, 5.74) is 1.30. The maximum atomic E-state index is 12.7. The Morgan fingerprint density at radius 2 is 1.81 bits per heavy atom. The molecule has 26 heavy (non-hydrogen) atoms. The number of rotatable bonds is 4. The Bertz CT molecular complexity index is 915. The van der Waals surface area contributed by atoms with Crippen molar-refractivity contribution in [2.24, 2.45) is 0 Å². The zero-order valence-electron chi connectivity index (χ0n) is 13.8. The van der Waals surface area contributed by atoms with Crippen LogP contribution in [0.3, 0.4) is 0 Å². The highest BCUT2D eigenvalue weighted by Gasteiger charge is 2.30. The van der Waals surface area contributed by atoms with Crippen LogP contribution in [0.1, 0.15) is 27.4 Å². The average molecular weight is 360 g/mol. The fourth-order valence-corrected chi connectivity index (χ4v) is 2.54. The lowest BCUT2D eigenvalue weighted by molar-refractivity contribution is -0.137. The van der Waals surface area contributed by atoms with E-state index in [9.17, 15) is 18.0 Å². The molecule has 1 amide bonds. The molecule has 0 aliphatic heterocycles. The first-order chi connectivity index (χ1) is 12.3. The minimum absolute atomic E-state index is 0.192. The van der Waals surface area contributed by atoms with Gasteiger partial charge in [-0.25, -0.2) is 0 Å². The van der Waals surface area contributed by atoms with Crippen LogP contribution in [0.25, 0.3) is 11.1 Å². The number of halogens is 3. The minimum atomic E-state index is -4.40. The number of benzene rings is 2. The second kappa shape index (κ2) is 7.03. The van der Waals surface area contributed by atoms with Crippen molar-refractivity contribution in [1.29, 1.82) is 0 Å². The molecule has 0 fully saturated rings. The summed E-state index contributed by atoms with van der Waals surface area (Å²) in [5, 5.41) is 6.53. The summed E-state index contributed by atoms with van der Waals surface area (Å²) in [5.74, 6) is 0.292. The maximum absolute atomic E-state index is 12.7. The number of aromatic nitrogens is 1. The molecule has 3 rings (SSSR count). The fourth-order valence-electron chi connectivity index (χ4n) is 2.54. The summed E-state index contributed by atoms with van der Waals surface area (Å²) in [6.45, 7) is 1.94. The van der Waals surface area contributed by atoms with Crippen molar-refractivity contribution in [1.82, 2.24) is 10.5 Å². The van der Waals surface area contributed by atoms with Crippen molar-refractivity contribution in [2.75, 3.05) is 0 Å². The van der Waals surface area contributed by atoms with Crippen molar-refractivity contribution in [3.8, 4) is 11.1 Å². The number of hydrogen-bond donors (Lipinski definition) is 1. The second-order valence-corrected chi connectivity index (χ2v) is 5.73. The van der Waals surface area contributed by atoms with E-state index in [4.69, 9.17) is 4.52 Å². The van der Waals surface area contributed by atoms with Gasteiger partial charge in [0.15, 0.2) is 0 Å². The Morgan fingerprint density at radius 1 is 1.12 bits per heavy atom. The van der Waals surface area contributed by atoms with Gasteiger partial charge >= 0.3 is 6.18 Å². The summed E-state index contributed by atoms with van der Waals surface area (Å²) in [6, 6.07) is 13.2. The first-order valence-electron chi connectivity index (χ1n) is 7.81. The number of nitrogens with one attached hydrogen (secondary N) is 1. The zero-order chi connectivity index (χ0) is 18.7. The number of aryl methyl sites for hydroxylation is 1. The van der Waals surface area contributed by atoms with Crippen molar-refractivity contribution >= 4 is 5.91 Å². The van der Waals surface area contributed by atoms with Crippen LogP contribution in [0.4, 0.5) is 13.2 Å². The molecule has 134 valence electrons. The lowest BCUT2D eigenvalue weighted by atomic mass is 9.98. The zero-order valence-corrected chi connectivity index (χ0v) is 13.8. The van der Waals surface area contributed by atoms with E-state index >= 15 is 0 Å². The van der Waals surface area contributed by atoms with Crippen LogP contribution in [0.5, 0.6) is 0 Å². The van der Waals surface area contributed by atoms with E-state index in [-0.39, 0.29) is 12.5 Å². The normalized spacial score (nSPS) is 11.4. The van der Waals surface area contributed by atoms with Gasteiger partial charge in [-0.2, -0.15) is 13.2 Å². The average Bonchev–Trinajstić information content (AvgIpc) is 3.04. The van der Waals surface area contributed by atoms with Crippen molar-refractivity contribution in [3.05, 3.63) is 77.2 Å². The first kappa shape index (κ1) is 17.7. The molecule has 1 aromatic heterocycles. The first-order valence-corrected chi connectivity index (χ1v) is 7.81. The van der Waals surface area contributed by atoms with Gasteiger partial charge in [0.2, 0.25) is 0 Å². The molecule has 1 N–H and O–H groups in total. The summed E-state index contributed by atoms with van der Waals surface area (Å²) in [7, 11) is 0. The van der Waals surface area contributed by atoms with Gasteiger partial charge in [0.1, 0.15) is 11.5 Å². The van der Waals surface area contributed by atoms with Gasteiger partial charge in [0.05, 0.1) is 12.1 Å². The lowest BCUT2D eigenvalue weighted by Crippen LogP contribution is -2.23. The fraction of sp³-hybridized carbons (Fsp3) is 0.158. The third-order valence-corrected chi connectivity index (χ3v) is 3.80. The number of hydrogen-bond acceptors (Lipinski definition) is 3. The third-order valence-electron chi connectivity index (χ3n) is 3.80. The van der Waals surface area contributed by atoms with Crippen molar-refractivity contribution in [3.63, 3.8) is 0 Å². The highest BCUT2D eigenvalue weighted by molar-refractivity contribution is 6.00. The van der Waals surface area contributed by atoms with E-state index in [2.05, 4.69) is 10.5 Å². The van der Waals surface area contributed by atoms with E-state index in [0.717, 1.165) is 12.1 Å². The number of nitrogens with zero attached hydrogens (tertiary/aromatic N) is 1. The van der Waals surface area contributed by atoms with E-state index in [0.29, 0.717) is 28.1 Å². The molecule has 0 saturated heterocycles. The topological polar surface area (TPSA) is 55.1 Å². The highest BCUT2D eigenvalue weighted by atomic mass is 19.4. The summed E-state index contributed by atoms with van der Waals surface area (Å²) < 4.78 is 43.1. The predicted molar refractivity (Wildman–Crippen MR) is 89.3 cm³/mol. The molecule has 2 aromatic carbocycles. The van der Waals surface area contributed by atoms with E-state index in [1.54, 1.807) is 37.3 Å². The Morgan fingerprint density at radius 3 is 2.42 bits per heavy atom. The molecule has 0 saturated carbocycles.